The molecule has 12 nitrogen and oxygen atoms in total. The van der Waals surface area contributed by atoms with Crippen LogP contribution in [-0.4, -0.2) is 76.2 Å². The van der Waals surface area contributed by atoms with Gasteiger partial charge in [-0.3, -0.25) is 15.1 Å². The maximum Gasteiger partial charge on any atom is 0.323 e. The summed E-state index contributed by atoms with van der Waals surface area (Å²) in [7, 11) is 0. The van der Waals surface area contributed by atoms with Gasteiger partial charge in [0.05, 0.1) is 29.9 Å². The van der Waals surface area contributed by atoms with Crippen LogP contribution < -0.4 is 19.5 Å². The molecule has 2 atom stereocenters. The van der Waals surface area contributed by atoms with E-state index < -0.39 is 18.6 Å². The van der Waals surface area contributed by atoms with Crippen LogP contribution in [0, 0.1) is 29.6 Å². The first-order valence-electron chi connectivity index (χ1n) is 16.8. The van der Waals surface area contributed by atoms with Gasteiger partial charge < -0.3 is 34.4 Å². The van der Waals surface area contributed by atoms with Crippen LogP contribution in [0.1, 0.15) is 46.2 Å². The van der Waals surface area contributed by atoms with Crippen molar-refractivity contribution in [3.05, 3.63) is 105 Å². The molecule has 1 aromatic heterocycles. The van der Waals surface area contributed by atoms with Gasteiger partial charge in [-0.15, -0.1) is 0 Å². The van der Waals surface area contributed by atoms with E-state index in [9.17, 15) is 30.6 Å². The van der Waals surface area contributed by atoms with E-state index in [1.54, 1.807) is 30.5 Å². The molecule has 52 heavy (non-hydrogen) atoms. The molecule has 1 saturated heterocycles. The van der Waals surface area contributed by atoms with E-state index in [-0.39, 0.29) is 30.9 Å². The molecular weight excluding hydrogens is 686 g/mol. The van der Waals surface area contributed by atoms with Crippen molar-refractivity contribution in [2.75, 3.05) is 32.8 Å². The van der Waals surface area contributed by atoms with Crippen molar-refractivity contribution in [2.24, 2.45) is 0 Å². The number of β-amino-alcohol motifs (C(OH)–C–C–N with tert-alkyl or cyclic N) is 1. The van der Waals surface area contributed by atoms with Gasteiger partial charge in [0.15, 0.2) is 0 Å². The molecule has 4 aromatic rings. The lowest BCUT2D eigenvalue weighted by atomic mass is 9.93. The fourth-order valence-electron chi connectivity index (χ4n) is 5.97. The molecule has 0 saturated carbocycles. The summed E-state index contributed by atoms with van der Waals surface area (Å²) in [6.45, 7) is 4.40. The number of rotatable bonds is 17. The third-order valence-electron chi connectivity index (χ3n) is 8.83. The fourth-order valence-corrected chi connectivity index (χ4v) is 6.22. The number of carboxylic acids is 1. The van der Waals surface area contributed by atoms with E-state index in [2.05, 4.69) is 21.3 Å². The average Bonchev–Trinajstić information content (AvgIpc) is 3.57. The van der Waals surface area contributed by atoms with Crippen molar-refractivity contribution < 1.29 is 34.3 Å². The number of aliphatic carboxylic acids is 1. The van der Waals surface area contributed by atoms with Crippen LogP contribution >= 0.6 is 11.6 Å². The molecule has 0 bridgehead atoms. The highest BCUT2D eigenvalue weighted by molar-refractivity contribution is 6.32. The van der Waals surface area contributed by atoms with Crippen molar-refractivity contribution in [1.82, 2.24) is 15.2 Å². The molecule has 4 N–H and O–H groups in total. The van der Waals surface area contributed by atoms with Gasteiger partial charge in [-0.1, -0.05) is 41.9 Å². The molecule has 0 aliphatic carbocycles. The van der Waals surface area contributed by atoms with Gasteiger partial charge in [0.1, 0.15) is 54.2 Å². The molecule has 5 rings (SSSR count). The second-order valence-corrected chi connectivity index (χ2v) is 12.8. The Bertz CT molecular complexity index is 1960. The second kappa shape index (κ2) is 18.3. The Balaban J connectivity index is 1.33. The quantitative estimate of drug-likeness (QED) is 0.107. The largest absolute Gasteiger partial charge is 0.492 e. The van der Waals surface area contributed by atoms with Crippen LogP contribution in [0.2, 0.25) is 5.02 Å². The number of pyridine rings is 1. The lowest BCUT2D eigenvalue weighted by Crippen LogP contribution is -2.39. The number of carboxylic acid groups (broad SMARTS) is 1. The predicted octanol–water partition coefficient (Wildman–Crippen LogP) is 4.98. The lowest BCUT2D eigenvalue weighted by molar-refractivity contribution is -0.140. The Labute approximate surface area is 307 Å². The summed E-state index contributed by atoms with van der Waals surface area (Å²) in [6, 6.07) is 19.4. The normalized spacial score (nSPS) is 14.7. The van der Waals surface area contributed by atoms with Gasteiger partial charge in [0, 0.05) is 61.3 Å². The van der Waals surface area contributed by atoms with Crippen LogP contribution in [0.3, 0.4) is 0 Å². The highest BCUT2D eigenvalue weighted by Crippen LogP contribution is 2.36. The minimum Gasteiger partial charge on any atom is -0.492 e. The lowest BCUT2D eigenvalue weighted by Gasteiger charge is -2.19. The number of hydrogen-bond donors (Lipinski definition) is 4. The predicted molar refractivity (Wildman–Crippen MR) is 193 cm³/mol. The maximum absolute atomic E-state index is 11.5. The van der Waals surface area contributed by atoms with Gasteiger partial charge in [0.2, 0.25) is 0 Å². The summed E-state index contributed by atoms with van der Waals surface area (Å²) in [5.74, 6) is -0.0117. The van der Waals surface area contributed by atoms with Crippen LogP contribution in [0.15, 0.2) is 67.0 Å². The van der Waals surface area contributed by atoms with Gasteiger partial charge in [-0.25, -0.2) is 0 Å². The van der Waals surface area contributed by atoms with E-state index in [0.717, 1.165) is 48.2 Å². The van der Waals surface area contributed by atoms with Gasteiger partial charge in [-0.2, -0.15) is 10.5 Å². The maximum atomic E-state index is 11.5. The highest BCUT2D eigenvalue weighted by Gasteiger charge is 2.21. The van der Waals surface area contributed by atoms with Crippen LogP contribution in [0.5, 0.6) is 17.2 Å². The summed E-state index contributed by atoms with van der Waals surface area (Å²) in [6.07, 6.45) is 4.33. The summed E-state index contributed by atoms with van der Waals surface area (Å²) in [4.78, 5) is 17.8. The van der Waals surface area contributed by atoms with Crippen molar-refractivity contribution in [3.8, 4) is 40.5 Å². The van der Waals surface area contributed by atoms with E-state index in [0.29, 0.717) is 52.7 Å². The zero-order chi connectivity index (χ0) is 37.0. The first-order valence-corrected chi connectivity index (χ1v) is 17.2. The van der Waals surface area contributed by atoms with Crippen LogP contribution in [-0.2, 0) is 24.6 Å². The Morgan fingerprint density at radius 1 is 1.02 bits per heavy atom. The molecule has 0 amide bonds. The third-order valence-corrected chi connectivity index (χ3v) is 9.13. The Hall–Kier alpha value is -5.21. The Morgan fingerprint density at radius 3 is 2.54 bits per heavy atom. The van der Waals surface area contributed by atoms with Crippen molar-refractivity contribution in [1.29, 1.82) is 10.5 Å². The van der Waals surface area contributed by atoms with Gasteiger partial charge >= 0.3 is 5.97 Å². The Morgan fingerprint density at radius 2 is 1.81 bits per heavy atom. The highest BCUT2D eigenvalue weighted by atomic mass is 35.5. The van der Waals surface area contributed by atoms with Crippen molar-refractivity contribution >= 4 is 17.6 Å². The number of likely N-dealkylation sites (tertiary alicyclic amines) is 1. The summed E-state index contributed by atoms with van der Waals surface area (Å²) >= 11 is 6.67. The average molecular weight is 726 g/mol. The number of aliphatic hydroxyl groups is 2. The molecule has 1 aliphatic rings. The smallest absolute Gasteiger partial charge is 0.323 e. The second-order valence-electron chi connectivity index (χ2n) is 12.4. The molecule has 270 valence electrons. The Kier molecular flexibility index (Phi) is 13.4. The minimum atomic E-state index is -1.20. The number of ether oxygens (including phenoxy) is 3. The van der Waals surface area contributed by atoms with Gasteiger partial charge in [0.25, 0.3) is 0 Å². The summed E-state index contributed by atoms with van der Waals surface area (Å²) < 4.78 is 18.4. The summed E-state index contributed by atoms with van der Waals surface area (Å²) in [5, 5.41) is 51.1. The number of aliphatic hydroxyl groups excluding tert-OH is 2. The van der Waals surface area contributed by atoms with Crippen LogP contribution in [0.4, 0.5) is 0 Å². The van der Waals surface area contributed by atoms with E-state index in [1.807, 2.05) is 43.3 Å². The number of nitriles is 2. The number of benzene rings is 3. The number of aromatic nitrogens is 1. The molecule has 13 heteroatoms. The standard InChI is InChI=1S/C39H40ClN5O7/c1-25-28(5-2-6-31(25)32-7-3-8-36(33(32)17-42)50-12-4-10-45-11-9-30(47)21-45)24-52-38-15-37(51-23-27-13-26(16-41)18-43-19-27)29(14-34(38)40)20-44-35(22-46)39(48)49/h2-3,5-8,13-15,18-19,30,35,44,46-47H,4,9-12,20-24H2,1H3,(H,48,49)/t30-,35-/m0/s1. The SMILES string of the molecule is Cc1c(COc2cc(OCc3cncc(C#N)c3)c(CN[C@@H](CO)C(=O)O)cc2Cl)cccc1-c1cccc(OCCCN2CC[C@H](O)C2)c1C#N. The van der Waals surface area contributed by atoms with Gasteiger partial charge in [-0.05, 0) is 54.7 Å². The van der Waals surface area contributed by atoms with E-state index in [4.69, 9.17) is 25.8 Å². The zero-order valence-corrected chi connectivity index (χ0v) is 29.5. The topological polar surface area (TPSA) is 181 Å². The fraction of sp³-hybridized carbons (Fsp3) is 0.333. The molecule has 2 heterocycles. The van der Waals surface area contributed by atoms with E-state index >= 15 is 0 Å². The van der Waals surface area contributed by atoms with E-state index in [1.165, 1.54) is 6.20 Å². The molecular formula is C39H40ClN5O7. The number of hydrogen-bond acceptors (Lipinski definition) is 11. The molecule has 1 aliphatic heterocycles. The monoisotopic (exact) mass is 725 g/mol. The molecule has 0 radical (unpaired) electrons. The third kappa shape index (κ3) is 9.76. The molecule has 0 unspecified atom stereocenters. The van der Waals surface area contributed by atoms with Crippen molar-refractivity contribution in [3.63, 3.8) is 0 Å². The number of carbonyl (C=O) groups is 1. The van der Waals surface area contributed by atoms with Crippen molar-refractivity contribution in [2.45, 2.75) is 51.7 Å². The molecule has 3 aromatic carbocycles. The van der Waals surface area contributed by atoms with Crippen LogP contribution in [0.25, 0.3) is 11.1 Å². The molecule has 0 spiro atoms. The minimum absolute atomic E-state index is 0.0249. The first kappa shape index (κ1) is 38.0. The summed E-state index contributed by atoms with van der Waals surface area (Å²) in [5.41, 5.74) is 5.36. The zero-order valence-electron chi connectivity index (χ0n) is 28.7. The number of nitrogens with one attached hydrogen (secondary N) is 1. The first-order chi connectivity index (χ1) is 25.2. The number of halogens is 1. The molecule has 1 fully saturated rings. The number of nitrogens with zero attached hydrogens (tertiary/aromatic N) is 4.